The van der Waals surface area contributed by atoms with Gasteiger partial charge in [0.1, 0.15) is 11.6 Å². The number of hydrogen-bond acceptors (Lipinski definition) is 6. The molecule has 2 atom stereocenters. The number of β-amino-alcohol motifs (C(OH)–C–C–N with tert-alkyl or cyclic N) is 1. The number of hydrogen-bond donors (Lipinski definition) is 2. The number of aliphatic hydroxyl groups is 1. The first-order valence-electron chi connectivity index (χ1n) is 8.75. The number of nitrogens with one attached hydrogen (secondary N) is 1. The Hall–Kier alpha value is -1.15. The zero-order valence-electron chi connectivity index (χ0n) is 15.5. The molecule has 2 fully saturated rings. The number of carbonyl (C=O) groups is 1. The van der Waals surface area contributed by atoms with Crippen LogP contribution in [0.4, 0.5) is 5.82 Å². The third-order valence-electron chi connectivity index (χ3n) is 4.70. The van der Waals surface area contributed by atoms with Crippen molar-refractivity contribution in [2.75, 3.05) is 37.6 Å². The molecule has 1 aromatic heterocycles. The first kappa shape index (κ1) is 22.9. The summed E-state index contributed by atoms with van der Waals surface area (Å²) < 4.78 is 0. The molecule has 0 spiro atoms. The molecule has 2 saturated heterocycles. The van der Waals surface area contributed by atoms with E-state index in [1.807, 2.05) is 17.9 Å². The molecule has 1 amide bonds. The number of amides is 1. The molecule has 0 bridgehead atoms. The molecule has 0 radical (unpaired) electrons. The minimum absolute atomic E-state index is 0. The molecule has 0 aromatic carbocycles. The molecule has 2 N–H and O–H groups in total. The Morgan fingerprint density at radius 3 is 2.42 bits per heavy atom. The topological polar surface area (TPSA) is 81.6 Å². The van der Waals surface area contributed by atoms with Crippen molar-refractivity contribution in [2.45, 2.75) is 45.3 Å². The minimum Gasteiger partial charge on any atom is -0.392 e. The summed E-state index contributed by atoms with van der Waals surface area (Å²) in [7, 11) is 0. The molecule has 9 heteroatoms. The molecule has 2 unspecified atom stereocenters. The zero-order chi connectivity index (χ0) is 17.3. The monoisotopic (exact) mass is 405 g/mol. The molecule has 3 heterocycles. The van der Waals surface area contributed by atoms with Gasteiger partial charge in [0.05, 0.1) is 12.1 Å². The molecule has 148 valence electrons. The van der Waals surface area contributed by atoms with E-state index in [9.17, 15) is 9.90 Å². The number of carbonyl (C=O) groups excluding carboxylic acids is 1. The lowest BCUT2D eigenvalue weighted by Gasteiger charge is -2.36. The van der Waals surface area contributed by atoms with Gasteiger partial charge in [-0.1, -0.05) is 13.8 Å². The van der Waals surface area contributed by atoms with Gasteiger partial charge < -0.3 is 20.2 Å². The summed E-state index contributed by atoms with van der Waals surface area (Å²) in [6.07, 6.45) is 0.112. The summed E-state index contributed by atoms with van der Waals surface area (Å²) in [5, 5.41) is 12.7. The van der Waals surface area contributed by atoms with Gasteiger partial charge in [-0.25, -0.2) is 9.97 Å². The summed E-state index contributed by atoms with van der Waals surface area (Å²) in [4.78, 5) is 25.8. The van der Waals surface area contributed by atoms with E-state index in [2.05, 4.69) is 34.0 Å². The van der Waals surface area contributed by atoms with Crippen LogP contribution < -0.4 is 10.2 Å². The second-order valence-corrected chi connectivity index (χ2v) is 7.04. The van der Waals surface area contributed by atoms with E-state index in [-0.39, 0.29) is 36.8 Å². The van der Waals surface area contributed by atoms with Crippen LogP contribution in [0.25, 0.3) is 0 Å². The van der Waals surface area contributed by atoms with E-state index < -0.39 is 6.10 Å². The van der Waals surface area contributed by atoms with Crippen LogP contribution in [-0.2, 0) is 4.79 Å². The van der Waals surface area contributed by atoms with E-state index in [1.54, 1.807) is 0 Å². The molecule has 1 aromatic rings. The van der Waals surface area contributed by atoms with Crippen LogP contribution in [-0.4, -0.2) is 70.8 Å². The summed E-state index contributed by atoms with van der Waals surface area (Å²) in [6, 6.07) is 1.78. The Balaban J connectivity index is 0.00000169. The van der Waals surface area contributed by atoms with Gasteiger partial charge in [-0.3, -0.25) is 4.79 Å². The van der Waals surface area contributed by atoms with Gasteiger partial charge >= 0.3 is 0 Å². The number of halogens is 2. The molecule has 0 aliphatic carbocycles. The van der Waals surface area contributed by atoms with Gasteiger partial charge in [-0.2, -0.15) is 0 Å². The van der Waals surface area contributed by atoms with E-state index in [4.69, 9.17) is 0 Å². The minimum atomic E-state index is -0.404. The molecule has 2 aliphatic heterocycles. The zero-order valence-corrected chi connectivity index (χ0v) is 17.1. The molecular weight excluding hydrogens is 377 g/mol. The number of anilines is 1. The maximum Gasteiger partial charge on any atom is 0.239 e. The van der Waals surface area contributed by atoms with Crippen molar-refractivity contribution in [1.29, 1.82) is 0 Å². The number of piperazine rings is 1. The van der Waals surface area contributed by atoms with Gasteiger partial charge in [-0.05, 0) is 13.3 Å². The van der Waals surface area contributed by atoms with Crippen molar-refractivity contribution in [1.82, 2.24) is 20.2 Å². The van der Waals surface area contributed by atoms with Crippen molar-refractivity contribution >= 4 is 36.5 Å². The first-order chi connectivity index (χ1) is 11.4. The Morgan fingerprint density at radius 1 is 1.23 bits per heavy atom. The van der Waals surface area contributed by atoms with Crippen molar-refractivity contribution in [2.24, 2.45) is 0 Å². The molecular formula is C17H29Cl2N5O2. The maximum absolute atomic E-state index is 12.5. The highest BCUT2D eigenvalue weighted by Crippen LogP contribution is 2.19. The Morgan fingerprint density at radius 2 is 1.88 bits per heavy atom. The van der Waals surface area contributed by atoms with E-state index in [0.29, 0.717) is 32.0 Å². The van der Waals surface area contributed by atoms with Crippen LogP contribution in [0.5, 0.6) is 0 Å². The lowest BCUT2D eigenvalue weighted by atomic mass is 10.1. The fourth-order valence-electron chi connectivity index (χ4n) is 3.28. The van der Waals surface area contributed by atoms with Crippen LogP contribution in [0, 0.1) is 6.92 Å². The summed E-state index contributed by atoms with van der Waals surface area (Å²) in [6.45, 7) is 9.61. The molecule has 2 aliphatic rings. The largest absolute Gasteiger partial charge is 0.392 e. The van der Waals surface area contributed by atoms with Crippen molar-refractivity contribution in [3.8, 4) is 0 Å². The quantitative estimate of drug-likeness (QED) is 0.783. The molecule has 0 saturated carbocycles. The Bertz CT molecular complexity index is 609. The van der Waals surface area contributed by atoms with E-state index in [1.165, 1.54) is 0 Å². The Labute approximate surface area is 167 Å². The molecule has 7 nitrogen and oxygen atoms in total. The van der Waals surface area contributed by atoms with Crippen LogP contribution in [0.2, 0.25) is 0 Å². The van der Waals surface area contributed by atoms with Crippen molar-refractivity contribution in [3.05, 3.63) is 17.6 Å². The number of rotatable bonds is 3. The van der Waals surface area contributed by atoms with Crippen LogP contribution in [0.15, 0.2) is 6.07 Å². The fourth-order valence-corrected chi connectivity index (χ4v) is 3.28. The third-order valence-corrected chi connectivity index (χ3v) is 4.70. The lowest BCUT2D eigenvalue weighted by Crippen LogP contribution is -2.53. The Kier molecular flexibility index (Phi) is 8.53. The molecule has 3 rings (SSSR count). The van der Waals surface area contributed by atoms with Gasteiger partial charge in [0, 0.05) is 50.4 Å². The standard InChI is InChI=1S/C17H27N5O2.2ClH/c1-11(2)16-19-12(3)8-15(20-16)21-4-6-22(7-5-21)17(24)14-9-13(23)10-18-14;;/h8,11,13-14,18,23H,4-7,9-10H2,1-3H3;2*1H. The second-order valence-electron chi connectivity index (χ2n) is 7.04. The van der Waals surface area contributed by atoms with Crippen molar-refractivity contribution < 1.29 is 9.90 Å². The fraction of sp³-hybridized carbons (Fsp3) is 0.706. The third kappa shape index (κ3) is 5.19. The predicted octanol–water partition coefficient (Wildman–Crippen LogP) is 1.12. The maximum atomic E-state index is 12.5. The highest BCUT2D eigenvalue weighted by atomic mass is 35.5. The van der Waals surface area contributed by atoms with Gasteiger partial charge in [-0.15, -0.1) is 24.8 Å². The summed E-state index contributed by atoms with van der Waals surface area (Å²) >= 11 is 0. The number of aryl methyl sites for hydroxylation is 1. The van der Waals surface area contributed by atoms with E-state index >= 15 is 0 Å². The van der Waals surface area contributed by atoms with Crippen LogP contribution in [0.1, 0.15) is 37.7 Å². The normalized spacial score (nSPS) is 22.8. The SMILES string of the molecule is Cc1cc(N2CCN(C(=O)C3CC(O)CN3)CC2)nc(C(C)C)n1.Cl.Cl. The number of aliphatic hydroxyl groups excluding tert-OH is 1. The second kappa shape index (κ2) is 9.69. The average molecular weight is 406 g/mol. The molecule has 26 heavy (non-hydrogen) atoms. The smallest absolute Gasteiger partial charge is 0.239 e. The lowest BCUT2D eigenvalue weighted by molar-refractivity contribution is -0.133. The summed E-state index contributed by atoms with van der Waals surface area (Å²) in [5.41, 5.74) is 0.978. The van der Waals surface area contributed by atoms with Crippen LogP contribution in [0.3, 0.4) is 0 Å². The highest BCUT2D eigenvalue weighted by Gasteiger charge is 2.32. The van der Waals surface area contributed by atoms with Crippen LogP contribution >= 0.6 is 24.8 Å². The summed E-state index contributed by atoms with van der Waals surface area (Å²) in [5.74, 6) is 2.22. The van der Waals surface area contributed by atoms with Gasteiger partial charge in [0.15, 0.2) is 0 Å². The predicted molar refractivity (Wildman–Crippen MR) is 107 cm³/mol. The number of nitrogens with zero attached hydrogens (tertiary/aromatic N) is 4. The highest BCUT2D eigenvalue weighted by molar-refractivity contribution is 5.85. The van der Waals surface area contributed by atoms with Gasteiger partial charge in [0.2, 0.25) is 5.91 Å². The van der Waals surface area contributed by atoms with Crippen molar-refractivity contribution in [3.63, 3.8) is 0 Å². The van der Waals surface area contributed by atoms with E-state index in [0.717, 1.165) is 30.4 Å². The number of aromatic nitrogens is 2. The first-order valence-corrected chi connectivity index (χ1v) is 8.75. The average Bonchev–Trinajstić information content (AvgIpc) is 3.00. The van der Waals surface area contributed by atoms with Gasteiger partial charge in [0.25, 0.3) is 0 Å².